The number of hydrogen-bond donors (Lipinski definition) is 0. The van der Waals surface area contributed by atoms with Crippen LogP contribution in [0, 0.1) is 0 Å². The van der Waals surface area contributed by atoms with Crippen molar-refractivity contribution in [3.8, 4) is 0 Å². The molecule has 0 radical (unpaired) electrons. The number of carbonyl (C=O) groups excluding carboxylic acids is 3. The summed E-state index contributed by atoms with van der Waals surface area (Å²) in [5.41, 5.74) is 0. The first-order valence-electron chi connectivity index (χ1n) is 26.5. The number of carbonyl (C=O) groups is 3. The van der Waals surface area contributed by atoms with Crippen LogP contribution >= 0.6 is 0 Å². The standard InChI is InChI=1S/C53H102O6/c1-4-7-10-13-16-19-21-23-25-26-27-28-30-32-35-38-41-44-47-53(56)59-50(48-57-51(54)45-42-39-36-33-18-15-12-9-6-3)49-58-52(55)46-43-40-37-34-31-29-24-22-20-17-14-11-8-5-2/h50H,4-49H2,1-3H3/t50-/m0/s1. The first-order chi connectivity index (χ1) is 29.0. The molecule has 350 valence electrons. The molecule has 0 N–H and O–H groups in total. The molecule has 0 aromatic rings. The van der Waals surface area contributed by atoms with Gasteiger partial charge in [0.1, 0.15) is 13.2 Å². The monoisotopic (exact) mass is 835 g/mol. The Bertz CT molecular complexity index is 874. The van der Waals surface area contributed by atoms with Crippen molar-refractivity contribution >= 4 is 17.9 Å². The van der Waals surface area contributed by atoms with Gasteiger partial charge in [-0.05, 0) is 19.3 Å². The second-order valence-electron chi connectivity index (χ2n) is 18.2. The third kappa shape index (κ3) is 47.3. The van der Waals surface area contributed by atoms with Crippen LogP contribution in [0.2, 0.25) is 0 Å². The largest absolute Gasteiger partial charge is 0.462 e. The van der Waals surface area contributed by atoms with E-state index in [0.29, 0.717) is 19.3 Å². The van der Waals surface area contributed by atoms with Gasteiger partial charge in [-0.3, -0.25) is 14.4 Å². The lowest BCUT2D eigenvalue weighted by molar-refractivity contribution is -0.167. The van der Waals surface area contributed by atoms with Gasteiger partial charge >= 0.3 is 17.9 Å². The fourth-order valence-electron chi connectivity index (χ4n) is 8.09. The molecular formula is C53H102O6. The Balaban J connectivity index is 4.24. The average Bonchev–Trinajstić information content (AvgIpc) is 3.23. The van der Waals surface area contributed by atoms with Crippen molar-refractivity contribution in [3.05, 3.63) is 0 Å². The van der Waals surface area contributed by atoms with Gasteiger partial charge in [0.2, 0.25) is 0 Å². The lowest BCUT2D eigenvalue weighted by atomic mass is 10.0. The summed E-state index contributed by atoms with van der Waals surface area (Å²) in [6.07, 6.45) is 52.3. The molecule has 0 saturated heterocycles. The molecule has 0 aromatic carbocycles. The molecule has 0 saturated carbocycles. The minimum absolute atomic E-state index is 0.0619. The summed E-state index contributed by atoms with van der Waals surface area (Å²) in [6.45, 7) is 6.67. The second kappa shape index (κ2) is 49.1. The lowest BCUT2D eigenvalue weighted by Crippen LogP contribution is -2.30. The van der Waals surface area contributed by atoms with Gasteiger partial charge in [0.15, 0.2) is 6.10 Å². The number of ether oxygens (including phenoxy) is 3. The van der Waals surface area contributed by atoms with Gasteiger partial charge in [-0.15, -0.1) is 0 Å². The van der Waals surface area contributed by atoms with E-state index in [9.17, 15) is 14.4 Å². The Kier molecular flexibility index (Phi) is 47.7. The highest BCUT2D eigenvalue weighted by atomic mass is 16.6. The summed E-state index contributed by atoms with van der Waals surface area (Å²) in [7, 11) is 0. The summed E-state index contributed by atoms with van der Waals surface area (Å²) in [5, 5.41) is 0. The fraction of sp³-hybridized carbons (Fsp3) is 0.943. The third-order valence-corrected chi connectivity index (χ3v) is 12.1. The molecule has 1 atom stereocenters. The summed E-state index contributed by atoms with van der Waals surface area (Å²) in [6, 6.07) is 0. The fourth-order valence-corrected chi connectivity index (χ4v) is 8.09. The van der Waals surface area contributed by atoms with Crippen molar-refractivity contribution in [1.82, 2.24) is 0 Å². The molecule has 0 heterocycles. The molecule has 0 spiro atoms. The molecule has 0 rings (SSSR count). The minimum Gasteiger partial charge on any atom is -0.462 e. The first kappa shape index (κ1) is 57.4. The summed E-state index contributed by atoms with van der Waals surface area (Å²) in [4.78, 5) is 37.9. The van der Waals surface area contributed by atoms with E-state index in [1.165, 1.54) is 205 Å². The molecule has 0 aromatic heterocycles. The van der Waals surface area contributed by atoms with Gasteiger partial charge < -0.3 is 14.2 Å². The quantitative estimate of drug-likeness (QED) is 0.0345. The average molecular weight is 835 g/mol. The number of rotatable bonds is 49. The van der Waals surface area contributed by atoms with Crippen LogP contribution in [0.3, 0.4) is 0 Å². The minimum atomic E-state index is -0.759. The van der Waals surface area contributed by atoms with Gasteiger partial charge in [0.25, 0.3) is 0 Å². The van der Waals surface area contributed by atoms with E-state index in [4.69, 9.17) is 14.2 Å². The molecule has 0 aliphatic heterocycles. The van der Waals surface area contributed by atoms with Gasteiger partial charge in [-0.2, -0.15) is 0 Å². The van der Waals surface area contributed by atoms with Crippen LogP contribution in [0.4, 0.5) is 0 Å². The van der Waals surface area contributed by atoms with Crippen LogP contribution < -0.4 is 0 Å². The van der Waals surface area contributed by atoms with E-state index < -0.39 is 6.10 Å². The predicted octanol–water partition coefficient (Wildman–Crippen LogP) is 17.2. The van der Waals surface area contributed by atoms with Gasteiger partial charge in [-0.25, -0.2) is 0 Å². The topological polar surface area (TPSA) is 78.9 Å². The second-order valence-corrected chi connectivity index (χ2v) is 18.2. The Morgan fingerprint density at radius 1 is 0.271 bits per heavy atom. The molecule has 6 nitrogen and oxygen atoms in total. The van der Waals surface area contributed by atoms with E-state index in [-0.39, 0.29) is 31.1 Å². The van der Waals surface area contributed by atoms with E-state index in [1.807, 2.05) is 0 Å². The van der Waals surface area contributed by atoms with E-state index >= 15 is 0 Å². The Hall–Kier alpha value is -1.59. The van der Waals surface area contributed by atoms with Crippen LogP contribution in [0.15, 0.2) is 0 Å². The van der Waals surface area contributed by atoms with Gasteiger partial charge in [-0.1, -0.05) is 265 Å². The molecule has 0 aliphatic rings. The van der Waals surface area contributed by atoms with Crippen molar-refractivity contribution < 1.29 is 28.6 Å². The zero-order valence-electron chi connectivity index (χ0n) is 40.1. The van der Waals surface area contributed by atoms with Crippen LogP contribution in [-0.4, -0.2) is 37.2 Å². The summed E-state index contributed by atoms with van der Waals surface area (Å²) >= 11 is 0. The van der Waals surface area contributed by atoms with Crippen molar-refractivity contribution in [2.75, 3.05) is 13.2 Å². The molecule has 0 amide bonds. The maximum Gasteiger partial charge on any atom is 0.306 e. The maximum absolute atomic E-state index is 12.8. The molecular weight excluding hydrogens is 733 g/mol. The smallest absolute Gasteiger partial charge is 0.306 e. The van der Waals surface area contributed by atoms with E-state index in [0.717, 1.165) is 57.8 Å². The van der Waals surface area contributed by atoms with Crippen molar-refractivity contribution in [2.45, 2.75) is 309 Å². The number of esters is 3. The Labute approximate surface area is 368 Å². The van der Waals surface area contributed by atoms with Crippen molar-refractivity contribution in [2.24, 2.45) is 0 Å². The van der Waals surface area contributed by atoms with Gasteiger partial charge in [0.05, 0.1) is 0 Å². The van der Waals surface area contributed by atoms with Crippen LogP contribution in [0.5, 0.6) is 0 Å². The Morgan fingerprint density at radius 2 is 0.458 bits per heavy atom. The molecule has 59 heavy (non-hydrogen) atoms. The molecule has 6 heteroatoms. The normalized spacial score (nSPS) is 11.8. The predicted molar refractivity (Wildman–Crippen MR) is 252 cm³/mol. The van der Waals surface area contributed by atoms with Crippen LogP contribution in [0.1, 0.15) is 303 Å². The lowest BCUT2D eigenvalue weighted by Gasteiger charge is -2.18. The third-order valence-electron chi connectivity index (χ3n) is 12.1. The summed E-state index contributed by atoms with van der Waals surface area (Å²) < 4.78 is 16.8. The zero-order valence-corrected chi connectivity index (χ0v) is 40.1. The highest BCUT2D eigenvalue weighted by Gasteiger charge is 2.19. The van der Waals surface area contributed by atoms with Crippen LogP contribution in [-0.2, 0) is 28.6 Å². The van der Waals surface area contributed by atoms with Gasteiger partial charge in [0, 0.05) is 19.3 Å². The number of hydrogen-bond acceptors (Lipinski definition) is 6. The first-order valence-corrected chi connectivity index (χ1v) is 26.5. The molecule has 0 bridgehead atoms. The van der Waals surface area contributed by atoms with E-state index in [1.54, 1.807) is 0 Å². The molecule has 0 fully saturated rings. The van der Waals surface area contributed by atoms with Crippen LogP contribution in [0.25, 0.3) is 0 Å². The summed E-state index contributed by atoms with van der Waals surface area (Å²) in [5.74, 6) is -0.842. The number of unbranched alkanes of at least 4 members (excludes halogenated alkanes) is 38. The molecule has 0 unspecified atom stereocenters. The SMILES string of the molecule is CCCCCCCCCCCCCCCCCCCCC(=O)O[C@@H](COC(=O)CCCCCCCCCCC)COC(=O)CCCCCCCCCCCCCCCC. The maximum atomic E-state index is 12.8. The molecule has 0 aliphatic carbocycles. The van der Waals surface area contributed by atoms with Crippen molar-refractivity contribution in [3.63, 3.8) is 0 Å². The van der Waals surface area contributed by atoms with E-state index in [2.05, 4.69) is 20.8 Å². The van der Waals surface area contributed by atoms with Crippen molar-refractivity contribution in [1.29, 1.82) is 0 Å². The zero-order chi connectivity index (χ0) is 43.0. The Morgan fingerprint density at radius 3 is 0.678 bits per heavy atom. The highest BCUT2D eigenvalue weighted by Crippen LogP contribution is 2.17. The highest BCUT2D eigenvalue weighted by molar-refractivity contribution is 5.71.